The molecule has 1 aromatic heterocycles. The molecule has 4 heteroatoms. The summed E-state index contributed by atoms with van der Waals surface area (Å²) in [5.41, 5.74) is 6.78. The molecule has 1 aromatic carbocycles. The van der Waals surface area contributed by atoms with Gasteiger partial charge < -0.3 is 15.2 Å². The number of nitrogens with zero attached hydrogens (tertiary/aromatic N) is 1. The lowest BCUT2D eigenvalue weighted by Crippen LogP contribution is -1.94. The second-order valence-electron chi connectivity index (χ2n) is 4.26. The lowest BCUT2D eigenvalue weighted by Gasteiger charge is -2.11. The van der Waals surface area contributed by atoms with Gasteiger partial charge in [0.1, 0.15) is 11.6 Å². The van der Waals surface area contributed by atoms with Crippen LogP contribution in [0.1, 0.15) is 18.9 Å². The second kappa shape index (κ2) is 6.09. The zero-order chi connectivity index (χ0) is 13.7. The van der Waals surface area contributed by atoms with E-state index in [0.29, 0.717) is 17.3 Å². The molecule has 0 aliphatic rings. The third-order valence-electron chi connectivity index (χ3n) is 2.75. The third kappa shape index (κ3) is 3.37. The Bertz CT molecular complexity index is 538. The third-order valence-corrected chi connectivity index (χ3v) is 2.75. The van der Waals surface area contributed by atoms with Crippen molar-refractivity contribution in [1.82, 2.24) is 4.98 Å². The van der Waals surface area contributed by atoms with Gasteiger partial charge in [0.25, 0.3) is 0 Å². The summed E-state index contributed by atoms with van der Waals surface area (Å²) in [5.74, 6) is 2.50. The summed E-state index contributed by atoms with van der Waals surface area (Å²) in [6, 6.07) is 9.45. The van der Waals surface area contributed by atoms with Crippen molar-refractivity contribution in [2.75, 3.05) is 12.8 Å². The average molecular weight is 258 g/mol. The SMILES string of the molecule is CCCc1ccc(Oc2ccc(N)nc2)c(OC)c1. The number of nitrogen functional groups attached to an aromatic ring is 1. The van der Waals surface area contributed by atoms with Gasteiger partial charge in [-0.1, -0.05) is 19.4 Å². The van der Waals surface area contributed by atoms with Crippen molar-refractivity contribution in [3.05, 3.63) is 42.1 Å². The number of methoxy groups -OCH3 is 1. The van der Waals surface area contributed by atoms with Crippen molar-refractivity contribution in [2.45, 2.75) is 19.8 Å². The highest BCUT2D eigenvalue weighted by molar-refractivity contribution is 5.45. The van der Waals surface area contributed by atoms with Crippen LogP contribution in [0.5, 0.6) is 17.2 Å². The van der Waals surface area contributed by atoms with Crippen LogP contribution in [0.15, 0.2) is 36.5 Å². The Hall–Kier alpha value is -2.23. The fraction of sp³-hybridized carbons (Fsp3) is 0.267. The predicted molar refractivity (Wildman–Crippen MR) is 75.7 cm³/mol. The van der Waals surface area contributed by atoms with Gasteiger partial charge in [-0.3, -0.25) is 0 Å². The van der Waals surface area contributed by atoms with Crippen molar-refractivity contribution in [2.24, 2.45) is 0 Å². The summed E-state index contributed by atoms with van der Waals surface area (Å²) < 4.78 is 11.1. The minimum atomic E-state index is 0.470. The van der Waals surface area contributed by atoms with E-state index in [2.05, 4.69) is 11.9 Å². The van der Waals surface area contributed by atoms with Crippen LogP contribution < -0.4 is 15.2 Å². The minimum absolute atomic E-state index is 0.470. The molecule has 0 saturated heterocycles. The summed E-state index contributed by atoms with van der Waals surface area (Å²) in [7, 11) is 1.64. The van der Waals surface area contributed by atoms with Crippen LogP contribution in [0.2, 0.25) is 0 Å². The maximum absolute atomic E-state index is 5.75. The lowest BCUT2D eigenvalue weighted by atomic mass is 10.1. The van der Waals surface area contributed by atoms with Gasteiger partial charge in [-0.05, 0) is 36.2 Å². The molecule has 0 unspecified atom stereocenters. The molecule has 1 heterocycles. The fourth-order valence-corrected chi connectivity index (χ4v) is 1.82. The molecule has 19 heavy (non-hydrogen) atoms. The van der Waals surface area contributed by atoms with Crippen molar-refractivity contribution < 1.29 is 9.47 Å². The standard InChI is InChI=1S/C15H18N2O2/c1-3-4-11-5-7-13(14(9-11)18-2)19-12-6-8-15(16)17-10-12/h5-10H,3-4H2,1-2H3,(H2,16,17). The Labute approximate surface area is 113 Å². The van der Waals surface area contributed by atoms with E-state index in [0.717, 1.165) is 18.6 Å². The van der Waals surface area contributed by atoms with Crippen LogP contribution in [0.25, 0.3) is 0 Å². The molecular weight excluding hydrogens is 240 g/mol. The van der Waals surface area contributed by atoms with Gasteiger partial charge in [-0.2, -0.15) is 0 Å². The normalized spacial score (nSPS) is 10.2. The van der Waals surface area contributed by atoms with Crippen molar-refractivity contribution in [3.63, 3.8) is 0 Å². The molecule has 2 rings (SSSR count). The van der Waals surface area contributed by atoms with E-state index < -0.39 is 0 Å². The number of hydrogen-bond donors (Lipinski definition) is 1. The Morgan fingerprint density at radius 2 is 2.00 bits per heavy atom. The fourth-order valence-electron chi connectivity index (χ4n) is 1.82. The predicted octanol–water partition coefficient (Wildman–Crippen LogP) is 3.42. The quantitative estimate of drug-likeness (QED) is 0.892. The Morgan fingerprint density at radius 3 is 2.63 bits per heavy atom. The molecule has 4 nitrogen and oxygen atoms in total. The summed E-state index contributed by atoms with van der Waals surface area (Å²) in [6.07, 6.45) is 3.72. The van der Waals surface area contributed by atoms with Crippen LogP contribution in [0.4, 0.5) is 5.82 Å². The Balaban J connectivity index is 2.21. The maximum atomic E-state index is 5.75. The lowest BCUT2D eigenvalue weighted by molar-refractivity contribution is 0.378. The molecule has 0 radical (unpaired) electrons. The number of aromatic nitrogens is 1. The highest BCUT2D eigenvalue weighted by Gasteiger charge is 2.07. The van der Waals surface area contributed by atoms with Gasteiger partial charge in [0.15, 0.2) is 11.5 Å². The van der Waals surface area contributed by atoms with E-state index in [-0.39, 0.29) is 0 Å². The first-order chi connectivity index (χ1) is 9.22. The molecule has 0 amide bonds. The number of anilines is 1. The van der Waals surface area contributed by atoms with Gasteiger partial charge in [0.2, 0.25) is 0 Å². The van der Waals surface area contributed by atoms with E-state index in [1.807, 2.05) is 18.2 Å². The summed E-state index contributed by atoms with van der Waals surface area (Å²) in [6.45, 7) is 2.15. The number of aryl methyl sites for hydroxylation is 1. The molecule has 0 saturated carbocycles. The summed E-state index contributed by atoms with van der Waals surface area (Å²) in [4.78, 5) is 3.99. The number of hydrogen-bond acceptors (Lipinski definition) is 4. The van der Waals surface area contributed by atoms with Gasteiger partial charge in [0, 0.05) is 0 Å². The van der Waals surface area contributed by atoms with E-state index >= 15 is 0 Å². The largest absolute Gasteiger partial charge is 0.493 e. The zero-order valence-corrected chi connectivity index (χ0v) is 11.2. The number of ether oxygens (including phenoxy) is 2. The summed E-state index contributed by atoms with van der Waals surface area (Å²) in [5, 5.41) is 0. The highest BCUT2D eigenvalue weighted by Crippen LogP contribution is 2.32. The molecule has 0 fully saturated rings. The van der Waals surface area contributed by atoms with Gasteiger partial charge in [0.05, 0.1) is 13.3 Å². The number of nitrogens with two attached hydrogens (primary N) is 1. The minimum Gasteiger partial charge on any atom is -0.493 e. The van der Waals surface area contributed by atoms with Crippen LogP contribution in [-0.2, 0) is 6.42 Å². The van der Waals surface area contributed by atoms with Crippen LogP contribution >= 0.6 is 0 Å². The van der Waals surface area contributed by atoms with Crippen LogP contribution in [0.3, 0.4) is 0 Å². The monoisotopic (exact) mass is 258 g/mol. The first-order valence-corrected chi connectivity index (χ1v) is 6.29. The first-order valence-electron chi connectivity index (χ1n) is 6.29. The topological polar surface area (TPSA) is 57.4 Å². The number of benzene rings is 1. The molecule has 2 N–H and O–H groups in total. The Morgan fingerprint density at radius 1 is 1.16 bits per heavy atom. The first kappa shape index (κ1) is 13.2. The molecule has 0 aliphatic carbocycles. The van der Waals surface area contributed by atoms with Gasteiger partial charge in [-0.15, -0.1) is 0 Å². The molecule has 100 valence electrons. The smallest absolute Gasteiger partial charge is 0.169 e. The summed E-state index contributed by atoms with van der Waals surface area (Å²) >= 11 is 0. The zero-order valence-electron chi connectivity index (χ0n) is 11.2. The highest BCUT2D eigenvalue weighted by atomic mass is 16.5. The van der Waals surface area contributed by atoms with Crippen molar-refractivity contribution >= 4 is 5.82 Å². The molecule has 0 aliphatic heterocycles. The average Bonchev–Trinajstić information content (AvgIpc) is 2.43. The number of pyridine rings is 1. The van der Waals surface area contributed by atoms with Crippen molar-refractivity contribution in [3.8, 4) is 17.2 Å². The molecule has 2 aromatic rings. The maximum Gasteiger partial charge on any atom is 0.169 e. The van der Waals surface area contributed by atoms with E-state index in [1.54, 1.807) is 25.4 Å². The molecule has 0 bridgehead atoms. The van der Waals surface area contributed by atoms with Crippen molar-refractivity contribution in [1.29, 1.82) is 0 Å². The molecular formula is C15H18N2O2. The van der Waals surface area contributed by atoms with Crippen LogP contribution in [0, 0.1) is 0 Å². The number of rotatable bonds is 5. The van der Waals surface area contributed by atoms with E-state index in [4.69, 9.17) is 15.2 Å². The molecule has 0 atom stereocenters. The second-order valence-corrected chi connectivity index (χ2v) is 4.26. The molecule has 0 spiro atoms. The van der Waals surface area contributed by atoms with E-state index in [1.165, 1.54) is 5.56 Å². The Kier molecular flexibility index (Phi) is 4.23. The van der Waals surface area contributed by atoms with Crippen LogP contribution in [-0.4, -0.2) is 12.1 Å². The van der Waals surface area contributed by atoms with Gasteiger partial charge >= 0.3 is 0 Å². The van der Waals surface area contributed by atoms with Gasteiger partial charge in [-0.25, -0.2) is 4.98 Å². The van der Waals surface area contributed by atoms with E-state index in [9.17, 15) is 0 Å².